The summed E-state index contributed by atoms with van der Waals surface area (Å²) in [6.45, 7) is 5.02. The molecule has 0 aliphatic carbocycles. The summed E-state index contributed by atoms with van der Waals surface area (Å²) in [6.07, 6.45) is 4.75. The van der Waals surface area contributed by atoms with Crippen LogP contribution in [0.1, 0.15) is 29.7 Å². The number of carbonyl (C=O) groups is 1. The molecule has 2 aromatic heterocycles. The highest BCUT2D eigenvalue weighted by molar-refractivity contribution is 5.88. The molecule has 2 aliphatic heterocycles. The highest BCUT2D eigenvalue weighted by atomic mass is 35.5. The van der Waals surface area contributed by atoms with Crippen molar-refractivity contribution < 1.29 is 14.3 Å². The Morgan fingerprint density at radius 1 is 0.975 bits per heavy atom. The fraction of sp³-hybridized carbons (Fsp3) is 0.355. The van der Waals surface area contributed by atoms with E-state index >= 15 is 0 Å². The van der Waals surface area contributed by atoms with Crippen molar-refractivity contribution in [2.24, 2.45) is 7.05 Å². The van der Waals surface area contributed by atoms with Crippen molar-refractivity contribution in [2.45, 2.75) is 32.4 Å². The van der Waals surface area contributed by atoms with Gasteiger partial charge < -0.3 is 18.9 Å². The number of fused-ring (bicyclic) bond motifs is 3. The van der Waals surface area contributed by atoms with E-state index in [0.29, 0.717) is 32.1 Å². The SMILES string of the molecule is Cl.Cn1c2c(c3ccc(-n4ccc(OCc5ccccc5)cc4=O)cc31)CN(C(=O)OCCN1CCCC1)CC2. The van der Waals surface area contributed by atoms with E-state index in [9.17, 15) is 9.59 Å². The van der Waals surface area contributed by atoms with Gasteiger partial charge in [0.15, 0.2) is 0 Å². The first-order valence-electron chi connectivity index (χ1n) is 13.7. The maximum Gasteiger partial charge on any atom is 0.410 e. The maximum absolute atomic E-state index is 13.0. The van der Waals surface area contributed by atoms with Gasteiger partial charge in [-0.2, -0.15) is 0 Å². The molecule has 0 radical (unpaired) electrons. The fourth-order valence-electron chi connectivity index (χ4n) is 5.73. The van der Waals surface area contributed by atoms with Crippen LogP contribution in [-0.4, -0.2) is 57.8 Å². The molecule has 9 heteroatoms. The van der Waals surface area contributed by atoms with Gasteiger partial charge in [-0.25, -0.2) is 4.79 Å². The molecule has 8 nitrogen and oxygen atoms in total. The average molecular weight is 563 g/mol. The first-order chi connectivity index (χ1) is 19.1. The second-order valence-electron chi connectivity index (χ2n) is 10.4. The summed E-state index contributed by atoms with van der Waals surface area (Å²) in [5.74, 6) is 0.544. The highest BCUT2D eigenvalue weighted by Gasteiger charge is 2.27. The molecule has 1 fully saturated rings. The Bertz CT molecular complexity index is 1540. The summed E-state index contributed by atoms with van der Waals surface area (Å²) in [4.78, 5) is 29.9. The van der Waals surface area contributed by atoms with Crippen molar-refractivity contribution in [1.29, 1.82) is 0 Å². The van der Waals surface area contributed by atoms with Crippen LogP contribution in [0.15, 0.2) is 71.7 Å². The standard InChI is InChI=1S/C31H34N4O4.ClH/c1-32-28-12-15-34(31(37)38-18-17-33-13-5-6-14-33)21-27(28)26-10-9-24(19-29(26)32)35-16-11-25(20-30(35)36)39-22-23-7-3-2-4-8-23;/h2-4,7-11,16,19-20H,5-6,12-15,17-18,21-22H2,1H3;1H. The van der Waals surface area contributed by atoms with Gasteiger partial charge in [-0.1, -0.05) is 36.4 Å². The molecule has 0 atom stereocenters. The number of hydrogen-bond donors (Lipinski definition) is 0. The average Bonchev–Trinajstić information content (AvgIpc) is 3.58. The van der Waals surface area contributed by atoms with Gasteiger partial charge in [-0.3, -0.25) is 14.3 Å². The summed E-state index contributed by atoms with van der Waals surface area (Å²) in [5.41, 5.74) is 5.10. The van der Waals surface area contributed by atoms with Gasteiger partial charge in [0.05, 0.1) is 17.7 Å². The van der Waals surface area contributed by atoms with Crippen molar-refractivity contribution >= 4 is 29.4 Å². The first kappa shape index (κ1) is 27.8. The maximum atomic E-state index is 13.0. The van der Waals surface area contributed by atoms with E-state index in [0.717, 1.165) is 53.8 Å². The van der Waals surface area contributed by atoms with Gasteiger partial charge in [0, 0.05) is 55.5 Å². The van der Waals surface area contributed by atoms with Crippen molar-refractivity contribution in [1.82, 2.24) is 18.9 Å². The Hall–Kier alpha value is -3.75. The van der Waals surface area contributed by atoms with Crippen molar-refractivity contribution in [2.75, 3.05) is 32.8 Å². The topological polar surface area (TPSA) is 68.9 Å². The lowest BCUT2D eigenvalue weighted by Crippen LogP contribution is -2.37. The summed E-state index contributed by atoms with van der Waals surface area (Å²) < 4.78 is 15.3. The molecule has 4 heterocycles. The van der Waals surface area contributed by atoms with E-state index in [-0.39, 0.29) is 24.1 Å². The minimum atomic E-state index is -0.241. The van der Waals surface area contributed by atoms with E-state index < -0.39 is 0 Å². The third kappa shape index (κ3) is 5.74. The van der Waals surface area contributed by atoms with Crippen LogP contribution in [-0.2, 0) is 31.4 Å². The Balaban J connectivity index is 0.00000323. The smallest absolute Gasteiger partial charge is 0.410 e. The molecule has 40 heavy (non-hydrogen) atoms. The number of pyridine rings is 1. The zero-order chi connectivity index (χ0) is 26.8. The zero-order valence-electron chi connectivity index (χ0n) is 22.8. The quantitative estimate of drug-likeness (QED) is 0.320. The molecule has 2 aliphatic rings. The summed E-state index contributed by atoms with van der Waals surface area (Å²) >= 11 is 0. The van der Waals surface area contributed by atoms with Crippen LogP contribution < -0.4 is 10.3 Å². The number of aromatic nitrogens is 2. The molecule has 0 bridgehead atoms. The molecule has 0 unspecified atom stereocenters. The second kappa shape index (κ2) is 12.2. The van der Waals surface area contributed by atoms with Gasteiger partial charge in [0.25, 0.3) is 5.56 Å². The van der Waals surface area contributed by atoms with Gasteiger partial charge in [0.2, 0.25) is 0 Å². The van der Waals surface area contributed by atoms with E-state index in [2.05, 4.69) is 22.6 Å². The first-order valence-corrected chi connectivity index (χ1v) is 13.7. The number of likely N-dealkylation sites (tertiary alicyclic amines) is 1. The number of hydrogen-bond acceptors (Lipinski definition) is 5. The number of amides is 1. The van der Waals surface area contributed by atoms with Crippen LogP contribution in [0.3, 0.4) is 0 Å². The van der Waals surface area contributed by atoms with Crippen molar-refractivity contribution in [3.8, 4) is 11.4 Å². The Kier molecular flexibility index (Phi) is 8.47. The van der Waals surface area contributed by atoms with Gasteiger partial charge >= 0.3 is 6.09 Å². The third-order valence-electron chi connectivity index (χ3n) is 7.90. The van der Waals surface area contributed by atoms with Crippen molar-refractivity contribution in [3.63, 3.8) is 0 Å². The number of ether oxygens (including phenoxy) is 2. The largest absolute Gasteiger partial charge is 0.489 e. The van der Waals surface area contributed by atoms with Crippen LogP contribution in [0.2, 0.25) is 0 Å². The fourth-order valence-corrected chi connectivity index (χ4v) is 5.73. The lowest BCUT2D eigenvalue weighted by molar-refractivity contribution is 0.0892. The molecule has 6 rings (SSSR count). The molecular formula is C31H35ClN4O4. The van der Waals surface area contributed by atoms with E-state index in [1.165, 1.54) is 24.6 Å². The van der Waals surface area contributed by atoms with E-state index in [1.54, 1.807) is 15.7 Å². The minimum absolute atomic E-state index is 0. The predicted molar refractivity (Wildman–Crippen MR) is 158 cm³/mol. The van der Waals surface area contributed by atoms with Gasteiger partial charge in [0.1, 0.15) is 19.0 Å². The lowest BCUT2D eigenvalue weighted by atomic mass is 10.0. The number of carbonyl (C=O) groups excluding carboxylic acids is 1. The molecular weight excluding hydrogens is 528 g/mol. The number of nitrogens with zero attached hydrogens (tertiary/aromatic N) is 4. The molecule has 0 saturated carbocycles. The van der Waals surface area contributed by atoms with Crippen molar-refractivity contribution in [3.05, 3.63) is 94.0 Å². The molecule has 4 aromatic rings. The third-order valence-corrected chi connectivity index (χ3v) is 7.90. The molecule has 0 N–H and O–H groups in total. The van der Waals surface area contributed by atoms with Gasteiger partial charge in [-0.05, 0) is 49.7 Å². The number of aryl methyl sites for hydroxylation is 1. The highest BCUT2D eigenvalue weighted by Crippen LogP contribution is 2.31. The number of benzene rings is 2. The summed E-state index contributed by atoms with van der Waals surface area (Å²) in [6, 6.07) is 19.3. The van der Waals surface area contributed by atoms with Crippen LogP contribution in [0, 0.1) is 0 Å². The number of rotatable bonds is 7. The molecule has 1 saturated heterocycles. The minimum Gasteiger partial charge on any atom is -0.489 e. The Morgan fingerprint density at radius 2 is 1.77 bits per heavy atom. The Morgan fingerprint density at radius 3 is 2.55 bits per heavy atom. The normalized spacial score (nSPS) is 15.1. The van der Waals surface area contributed by atoms with Crippen LogP contribution in [0.5, 0.6) is 5.75 Å². The van der Waals surface area contributed by atoms with Crippen LogP contribution >= 0.6 is 12.4 Å². The number of halogens is 1. The lowest BCUT2D eigenvalue weighted by Gasteiger charge is -2.27. The van der Waals surface area contributed by atoms with Crippen LogP contribution in [0.4, 0.5) is 4.79 Å². The van der Waals surface area contributed by atoms with Gasteiger partial charge in [-0.15, -0.1) is 12.4 Å². The summed E-state index contributed by atoms with van der Waals surface area (Å²) in [7, 11) is 2.05. The Labute approximate surface area is 240 Å². The predicted octanol–water partition coefficient (Wildman–Crippen LogP) is 4.92. The second-order valence-corrected chi connectivity index (χ2v) is 10.4. The monoisotopic (exact) mass is 562 g/mol. The molecule has 0 spiro atoms. The van der Waals surface area contributed by atoms with Crippen LogP contribution in [0.25, 0.3) is 16.6 Å². The molecule has 2 aromatic carbocycles. The summed E-state index contributed by atoms with van der Waals surface area (Å²) in [5, 5.41) is 1.10. The zero-order valence-corrected chi connectivity index (χ0v) is 23.6. The van der Waals surface area contributed by atoms with E-state index in [4.69, 9.17) is 9.47 Å². The van der Waals surface area contributed by atoms with E-state index in [1.807, 2.05) is 48.5 Å². The molecule has 1 amide bonds. The molecule has 210 valence electrons.